The summed E-state index contributed by atoms with van der Waals surface area (Å²) in [4.78, 5) is 21.5. The van der Waals surface area contributed by atoms with E-state index in [4.69, 9.17) is 27.7 Å². The van der Waals surface area contributed by atoms with Gasteiger partial charge in [0, 0.05) is 36.8 Å². The molecule has 1 aromatic heterocycles. The molecule has 8 heteroatoms. The number of aromatic nitrogens is 2. The summed E-state index contributed by atoms with van der Waals surface area (Å²) in [6.07, 6.45) is 0. The van der Waals surface area contributed by atoms with Crippen LogP contribution >= 0.6 is 23.2 Å². The Kier molecular flexibility index (Phi) is 6.56. The molecule has 2 heterocycles. The number of carbonyl (C=O) groups is 1. The minimum absolute atomic E-state index is 0.0706. The van der Waals surface area contributed by atoms with E-state index in [-0.39, 0.29) is 11.3 Å². The number of benzene rings is 2. The van der Waals surface area contributed by atoms with Gasteiger partial charge in [-0.15, -0.1) is 0 Å². The van der Waals surface area contributed by atoms with Crippen LogP contribution in [0.4, 0.5) is 0 Å². The van der Waals surface area contributed by atoms with Gasteiger partial charge in [0.2, 0.25) is 0 Å². The standard InChI is InChI=1S/C24H26Cl2N4O2/c1-24(2,3)17-6-4-16(5-7-17)23(31)30-12-10-29(11-13-30)15-21-27-22(32-28-21)19-9-8-18(25)14-20(19)26/h4-9,14H,10-13,15H2,1-3H3. The summed E-state index contributed by atoms with van der Waals surface area (Å²) in [5.74, 6) is 1.03. The molecule has 6 nitrogen and oxygen atoms in total. The maximum atomic E-state index is 12.9. The largest absolute Gasteiger partial charge is 0.336 e. The number of piperazine rings is 1. The fraction of sp³-hybridized carbons (Fsp3) is 0.375. The molecule has 0 unspecified atom stereocenters. The molecular formula is C24H26Cl2N4O2. The van der Waals surface area contributed by atoms with Gasteiger partial charge in [-0.05, 0) is 41.3 Å². The highest BCUT2D eigenvalue weighted by molar-refractivity contribution is 6.36. The number of halogens is 2. The van der Waals surface area contributed by atoms with Gasteiger partial charge < -0.3 is 9.42 Å². The summed E-state index contributed by atoms with van der Waals surface area (Å²) in [7, 11) is 0. The van der Waals surface area contributed by atoms with Crippen LogP contribution in [0.3, 0.4) is 0 Å². The monoisotopic (exact) mass is 472 g/mol. The Bertz CT molecular complexity index is 1100. The van der Waals surface area contributed by atoms with Crippen LogP contribution in [-0.2, 0) is 12.0 Å². The van der Waals surface area contributed by atoms with E-state index in [1.165, 1.54) is 5.56 Å². The van der Waals surface area contributed by atoms with E-state index in [2.05, 4.69) is 35.8 Å². The molecule has 32 heavy (non-hydrogen) atoms. The molecular weight excluding hydrogens is 447 g/mol. The van der Waals surface area contributed by atoms with E-state index >= 15 is 0 Å². The van der Waals surface area contributed by atoms with Gasteiger partial charge in [-0.2, -0.15) is 4.98 Å². The third-order valence-corrected chi connectivity index (χ3v) is 6.20. The summed E-state index contributed by atoms with van der Waals surface area (Å²) >= 11 is 12.2. The summed E-state index contributed by atoms with van der Waals surface area (Å²) < 4.78 is 5.38. The second-order valence-corrected chi connectivity index (χ2v) is 9.88. The third-order valence-electron chi connectivity index (χ3n) is 5.65. The first-order chi connectivity index (χ1) is 15.2. The zero-order valence-corrected chi connectivity index (χ0v) is 20.0. The van der Waals surface area contributed by atoms with E-state index in [0.717, 1.165) is 18.7 Å². The lowest BCUT2D eigenvalue weighted by Gasteiger charge is -2.34. The van der Waals surface area contributed by atoms with Crippen LogP contribution in [-0.4, -0.2) is 52.0 Å². The van der Waals surface area contributed by atoms with Crippen molar-refractivity contribution in [3.63, 3.8) is 0 Å². The smallest absolute Gasteiger partial charge is 0.259 e. The highest BCUT2D eigenvalue weighted by atomic mass is 35.5. The minimum atomic E-state index is 0.0706. The van der Waals surface area contributed by atoms with Crippen molar-refractivity contribution in [3.8, 4) is 11.5 Å². The molecule has 1 aliphatic rings. The Hall–Kier alpha value is -2.41. The molecule has 0 saturated carbocycles. The van der Waals surface area contributed by atoms with Crippen LogP contribution in [0.2, 0.25) is 10.0 Å². The second kappa shape index (κ2) is 9.22. The molecule has 2 aromatic carbocycles. The highest BCUT2D eigenvalue weighted by Gasteiger charge is 2.24. The number of rotatable bonds is 4. The Morgan fingerprint density at radius 1 is 1.03 bits per heavy atom. The molecule has 0 aliphatic carbocycles. The van der Waals surface area contributed by atoms with Crippen molar-refractivity contribution in [2.24, 2.45) is 0 Å². The van der Waals surface area contributed by atoms with E-state index in [9.17, 15) is 4.79 Å². The van der Waals surface area contributed by atoms with Crippen LogP contribution in [0.25, 0.3) is 11.5 Å². The van der Waals surface area contributed by atoms with E-state index < -0.39 is 0 Å². The lowest BCUT2D eigenvalue weighted by Crippen LogP contribution is -2.48. The fourth-order valence-electron chi connectivity index (χ4n) is 3.69. The van der Waals surface area contributed by atoms with Crippen molar-refractivity contribution >= 4 is 29.1 Å². The molecule has 0 bridgehead atoms. The average Bonchev–Trinajstić information content (AvgIpc) is 3.21. The van der Waals surface area contributed by atoms with E-state index in [1.54, 1.807) is 18.2 Å². The molecule has 0 radical (unpaired) electrons. The fourth-order valence-corrected chi connectivity index (χ4v) is 4.18. The summed E-state index contributed by atoms with van der Waals surface area (Å²) in [6, 6.07) is 13.1. The highest BCUT2D eigenvalue weighted by Crippen LogP contribution is 2.29. The molecule has 1 aliphatic heterocycles. The number of nitrogens with zero attached hydrogens (tertiary/aromatic N) is 4. The first-order valence-electron chi connectivity index (χ1n) is 10.6. The molecule has 3 aromatic rings. The van der Waals surface area contributed by atoms with E-state index in [1.807, 2.05) is 29.2 Å². The van der Waals surface area contributed by atoms with Crippen molar-refractivity contribution in [1.82, 2.24) is 19.9 Å². The molecule has 0 spiro atoms. The van der Waals surface area contributed by atoms with Gasteiger partial charge >= 0.3 is 0 Å². The Morgan fingerprint density at radius 2 is 1.72 bits per heavy atom. The molecule has 1 saturated heterocycles. The first-order valence-corrected chi connectivity index (χ1v) is 11.4. The van der Waals surface area contributed by atoms with Gasteiger partial charge in [0.05, 0.1) is 17.1 Å². The molecule has 0 atom stereocenters. The quantitative estimate of drug-likeness (QED) is 0.515. The van der Waals surface area contributed by atoms with Gasteiger partial charge in [0.1, 0.15) is 0 Å². The van der Waals surface area contributed by atoms with Gasteiger partial charge in [0.15, 0.2) is 5.82 Å². The number of carbonyl (C=O) groups excluding carboxylic acids is 1. The second-order valence-electron chi connectivity index (χ2n) is 9.04. The van der Waals surface area contributed by atoms with Crippen LogP contribution < -0.4 is 0 Å². The van der Waals surface area contributed by atoms with E-state index in [0.29, 0.717) is 47.0 Å². The zero-order valence-electron chi connectivity index (χ0n) is 18.4. The Balaban J connectivity index is 1.33. The molecule has 168 valence electrons. The van der Waals surface area contributed by atoms with Crippen molar-refractivity contribution in [2.75, 3.05) is 26.2 Å². The summed E-state index contributed by atoms with van der Waals surface area (Å²) in [5.41, 5.74) is 2.68. The van der Waals surface area contributed by atoms with Crippen LogP contribution in [0.1, 0.15) is 42.5 Å². The lowest BCUT2D eigenvalue weighted by molar-refractivity contribution is 0.0624. The molecule has 1 fully saturated rings. The predicted molar refractivity (Wildman–Crippen MR) is 126 cm³/mol. The molecule has 4 rings (SSSR count). The molecule has 0 N–H and O–H groups in total. The third kappa shape index (κ3) is 5.14. The SMILES string of the molecule is CC(C)(C)c1ccc(C(=O)N2CCN(Cc3noc(-c4ccc(Cl)cc4Cl)n3)CC2)cc1. The van der Waals surface area contributed by atoms with Crippen molar-refractivity contribution in [1.29, 1.82) is 0 Å². The van der Waals surface area contributed by atoms with Crippen molar-refractivity contribution in [2.45, 2.75) is 32.7 Å². The van der Waals surface area contributed by atoms with Gasteiger partial charge in [0.25, 0.3) is 11.8 Å². The van der Waals surface area contributed by atoms with Crippen LogP contribution in [0.5, 0.6) is 0 Å². The lowest BCUT2D eigenvalue weighted by atomic mass is 9.86. The summed E-state index contributed by atoms with van der Waals surface area (Å²) in [6.45, 7) is 9.87. The molecule has 1 amide bonds. The Morgan fingerprint density at radius 3 is 2.34 bits per heavy atom. The summed E-state index contributed by atoms with van der Waals surface area (Å²) in [5, 5.41) is 5.10. The van der Waals surface area contributed by atoms with Gasteiger partial charge in [-0.3, -0.25) is 9.69 Å². The topological polar surface area (TPSA) is 62.5 Å². The average molecular weight is 473 g/mol. The first kappa shape index (κ1) is 22.8. The van der Waals surface area contributed by atoms with Gasteiger partial charge in [-0.1, -0.05) is 61.3 Å². The van der Waals surface area contributed by atoms with Crippen LogP contribution in [0.15, 0.2) is 47.0 Å². The number of amides is 1. The number of hydrogen-bond donors (Lipinski definition) is 0. The normalized spacial score (nSPS) is 15.2. The predicted octanol–water partition coefficient (Wildman–Crippen LogP) is 5.30. The maximum Gasteiger partial charge on any atom is 0.259 e. The number of hydrogen-bond acceptors (Lipinski definition) is 5. The Labute approximate surface area is 198 Å². The van der Waals surface area contributed by atoms with Crippen molar-refractivity contribution in [3.05, 3.63) is 69.5 Å². The minimum Gasteiger partial charge on any atom is -0.336 e. The van der Waals surface area contributed by atoms with Crippen molar-refractivity contribution < 1.29 is 9.32 Å². The van der Waals surface area contributed by atoms with Gasteiger partial charge in [-0.25, -0.2) is 0 Å². The zero-order chi connectivity index (χ0) is 22.9. The maximum absolute atomic E-state index is 12.9. The van der Waals surface area contributed by atoms with Crippen LogP contribution in [0, 0.1) is 0 Å².